The molecule has 0 bridgehead atoms. The molecule has 150 valence electrons. The summed E-state index contributed by atoms with van der Waals surface area (Å²) >= 11 is 0. The summed E-state index contributed by atoms with van der Waals surface area (Å²) in [6, 6.07) is 30.4. The zero-order valence-electron chi connectivity index (χ0n) is 18.1. The van der Waals surface area contributed by atoms with Gasteiger partial charge in [-0.2, -0.15) is 0 Å². The first-order chi connectivity index (χ1) is 13.8. The minimum atomic E-state index is -2.32. The van der Waals surface area contributed by atoms with Gasteiger partial charge in [-0.25, -0.2) is 0 Å². The third-order valence-corrected chi connectivity index (χ3v) is 12.3. The number of Topliss-reactive ketones (excluding diaryl/α,β-unsaturated/α-hetero) is 1. The van der Waals surface area contributed by atoms with E-state index in [0.29, 0.717) is 5.75 Å². The van der Waals surface area contributed by atoms with E-state index < -0.39 is 8.07 Å². The summed E-state index contributed by atoms with van der Waals surface area (Å²) in [4.78, 5) is 12.6. The van der Waals surface area contributed by atoms with Crippen LogP contribution in [0.3, 0.4) is 0 Å². The molecule has 0 aromatic heterocycles. The summed E-state index contributed by atoms with van der Waals surface area (Å²) in [5.74, 6) is 0.866. The van der Waals surface area contributed by atoms with Gasteiger partial charge in [-0.3, -0.25) is 4.79 Å². The highest BCUT2D eigenvalue weighted by Crippen LogP contribution is 2.35. The Hall–Kier alpha value is -2.10. The molecule has 0 radical (unpaired) electrons. The lowest BCUT2D eigenvalue weighted by molar-refractivity contribution is 0.102. The van der Waals surface area contributed by atoms with Crippen molar-refractivity contribution in [2.24, 2.45) is 0 Å². The van der Waals surface area contributed by atoms with Crippen LogP contribution in [0.4, 0.5) is 0 Å². The maximum absolute atomic E-state index is 12.6. The molecule has 3 rings (SSSR count). The molecule has 29 heavy (non-hydrogen) atoms. The number of carbonyl (C=O) groups excluding carboxylic acids is 1. The van der Waals surface area contributed by atoms with E-state index in [1.807, 2.05) is 12.1 Å². The first-order valence-electron chi connectivity index (χ1n) is 10.1. The van der Waals surface area contributed by atoms with Crippen LogP contribution in [-0.2, 0) is 10.9 Å². The first kappa shape index (κ1) is 21.6. The molecule has 0 aliphatic heterocycles. The predicted octanol–water partition coefficient (Wildman–Crippen LogP) is 4.02. The number of carbonyl (C=O) groups is 1. The molecule has 0 amide bonds. The van der Waals surface area contributed by atoms with Gasteiger partial charge in [0.2, 0.25) is 5.78 Å². The second kappa shape index (κ2) is 8.72. The number of rotatable bonds is 6. The zero-order valence-corrected chi connectivity index (χ0v) is 19.9. The normalized spacial score (nSPS) is 12.2. The first-order valence-corrected chi connectivity index (χ1v) is 14.3. The van der Waals surface area contributed by atoms with Gasteiger partial charge in [-0.05, 0) is 31.5 Å². The smallest absolute Gasteiger partial charge is 0.211 e. The summed E-state index contributed by atoms with van der Waals surface area (Å²) in [6.07, 6.45) is 4.24. The highest BCUT2D eigenvalue weighted by molar-refractivity contribution is 7.96. The highest BCUT2D eigenvalue weighted by atomic mass is 32.2. The molecule has 0 spiro atoms. The topological polar surface area (TPSA) is 17.1 Å². The zero-order chi connectivity index (χ0) is 21.1. The van der Waals surface area contributed by atoms with Crippen LogP contribution in [-0.4, -0.2) is 32.1 Å². The lowest BCUT2D eigenvalue weighted by atomic mass is 10.1. The van der Waals surface area contributed by atoms with Crippen LogP contribution in [0.25, 0.3) is 0 Å². The summed E-state index contributed by atoms with van der Waals surface area (Å²) in [5, 5.41) is 4.22. The maximum atomic E-state index is 12.6. The molecule has 0 N–H and O–H groups in total. The monoisotopic (exact) mass is 419 g/mol. The largest absolute Gasteiger partial charge is 0.289 e. The minimum absolute atomic E-state index is 0.0561. The lowest BCUT2D eigenvalue weighted by Gasteiger charge is -2.44. The van der Waals surface area contributed by atoms with Gasteiger partial charge in [0.25, 0.3) is 0 Å². The van der Waals surface area contributed by atoms with E-state index in [0.717, 1.165) is 5.56 Å². The fraction of sp³-hybridized carbons (Fsp3) is 0.269. The molecule has 0 saturated carbocycles. The van der Waals surface area contributed by atoms with Gasteiger partial charge in [0.15, 0.2) is 13.8 Å². The van der Waals surface area contributed by atoms with E-state index in [9.17, 15) is 4.79 Å². The third-order valence-electron chi connectivity index (χ3n) is 5.60. The van der Waals surface area contributed by atoms with Crippen molar-refractivity contribution in [1.29, 1.82) is 0 Å². The fourth-order valence-corrected chi connectivity index (χ4v) is 10.8. The summed E-state index contributed by atoms with van der Waals surface area (Å²) in [5.41, 5.74) is 0.827. The van der Waals surface area contributed by atoms with Crippen molar-refractivity contribution < 1.29 is 4.79 Å². The quantitative estimate of drug-likeness (QED) is 0.255. The molecule has 0 heterocycles. The van der Waals surface area contributed by atoms with Crippen LogP contribution in [0.1, 0.15) is 31.1 Å². The van der Waals surface area contributed by atoms with Crippen LogP contribution in [0.15, 0.2) is 84.9 Å². The van der Waals surface area contributed by atoms with E-state index in [1.165, 1.54) is 15.6 Å². The maximum Gasteiger partial charge on any atom is 0.211 e. The van der Waals surface area contributed by atoms with Crippen molar-refractivity contribution >= 4 is 40.3 Å². The summed E-state index contributed by atoms with van der Waals surface area (Å²) < 4.78 is 0. The molecule has 3 aromatic rings. The van der Waals surface area contributed by atoms with E-state index in [-0.39, 0.29) is 21.7 Å². The average Bonchev–Trinajstić information content (AvgIpc) is 2.69. The SMILES string of the molecule is C[S+](C)CC(=O)c1ccc([Si](c2ccccc2)(c2ccccc2)C(C)(C)C)cc1. The van der Waals surface area contributed by atoms with Gasteiger partial charge in [0.05, 0.1) is 12.5 Å². The summed E-state index contributed by atoms with van der Waals surface area (Å²) in [7, 11) is -2.21. The summed E-state index contributed by atoms with van der Waals surface area (Å²) in [6.45, 7) is 7.08. The van der Waals surface area contributed by atoms with Crippen molar-refractivity contribution in [3.05, 3.63) is 90.5 Å². The number of ketones is 1. The Morgan fingerprint density at radius 2 is 1.14 bits per heavy atom. The molecular weight excluding hydrogens is 388 g/mol. The van der Waals surface area contributed by atoms with Crippen molar-refractivity contribution in [3.8, 4) is 0 Å². The standard InChI is InChI=1S/C26H31OSSi/c1-26(2,3)29(22-12-8-6-9-13-22,23-14-10-7-11-15-23)24-18-16-21(17-19-24)25(27)20-28(4)5/h6-19H,20H2,1-5H3/q+1. The van der Waals surface area contributed by atoms with Crippen LogP contribution in [0, 0.1) is 0 Å². The van der Waals surface area contributed by atoms with Crippen molar-refractivity contribution in [3.63, 3.8) is 0 Å². The fourth-order valence-electron chi connectivity index (χ4n) is 4.43. The van der Waals surface area contributed by atoms with Gasteiger partial charge in [0, 0.05) is 5.56 Å². The van der Waals surface area contributed by atoms with Crippen molar-refractivity contribution in [2.75, 3.05) is 18.3 Å². The predicted molar refractivity (Wildman–Crippen MR) is 132 cm³/mol. The highest BCUT2D eigenvalue weighted by Gasteiger charge is 2.48. The molecule has 0 unspecified atom stereocenters. The van der Waals surface area contributed by atoms with Gasteiger partial charge in [-0.15, -0.1) is 0 Å². The van der Waals surface area contributed by atoms with Crippen LogP contribution < -0.4 is 15.6 Å². The van der Waals surface area contributed by atoms with Crippen molar-refractivity contribution in [2.45, 2.75) is 25.8 Å². The third kappa shape index (κ3) is 4.26. The molecule has 0 saturated heterocycles. The Balaban J connectivity index is 2.22. The van der Waals surface area contributed by atoms with Gasteiger partial charge < -0.3 is 0 Å². The van der Waals surface area contributed by atoms with E-state index >= 15 is 0 Å². The van der Waals surface area contributed by atoms with Crippen molar-refractivity contribution in [1.82, 2.24) is 0 Å². The van der Waals surface area contributed by atoms with Crippen LogP contribution >= 0.6 is 0 Å². The second-order valence-corrected chi connectivity index (χ2v) is 15.9. The number of hydrogen-bond donors (Lipinski definition) is 0. The van der Waals surface area contributed by atoms with Crippen LogP contribution in [0.5, 0.6) is 0 Å². The van der Waals surface area contributed by atoms with Gasteiger partial charge >= 0.3 is 0 Å². The Bertz CT molecular complexity index is 902. The molecular formula is C26H31OSSi+. The molecule has 0 fully saturated rings. The number of hydrogen-bond acceptors (Lipinski definition) is 1. The Kier molecular flexibility index (Phi) is 6.50. The minimum Gasteiger partial charge on any atom is -0.289 e. The van der Waals surface area contributed by atoms with E-state index in [1.54, 1.807) is 0 Å². The van der Waals surface area contributed by atoms with Gasteiger partial charge in [-0.1, -0.05) is 106 Å². The molecule has 0 aliphatic rings. The van der Waals surface area contributed by atoms with E-state index in [2.05, 4.69) is 106 Å². The van der Waals surface area contributed by atoms with E-state index in [4.69, 9.17) is 0 Å². The second-order valence-electron chi connectivity index (χ2n) is 8.86. The van der Waals surface area contributed by atoms with Gasteiger partial charge in [0.1, 0.15) is 0 Å². The molecule has 3 heteroatoms. The molecule has 3 aromatic carbocycles. The Labute approximate surface area is 179 Å². The Morgan fingerprint density at radius 3 is 1.52 bits per heavy atom. The molecule has 0 atom stereocenters. The molecule has 1 nitrogen and oxygen atoms in total. The average molecular weight is 420 g/mol. The lowest BCUT2D eigenvalue weighted by Crippen LogP contribution is -2.72. The molecule has 0 aliphatic carbocycles. The van der Waals surface area contributed by atoms with Crippen LogP contribution in [0.2, 0.25) is 5.04 Å². The Morgan fingerprint density at radius 1 is 0.724 bits per heavy atom. The number of benzene rings is 3.